The van der Waals surface area contributed by atoms with E-state index in [1.54, 1.807) is 0 Å². The third-order valence-electron chi connectivity index (χ3n) is 2.42. The van der Waals surface area contributed by atoms with Gasteiger partial charge in [0.05, 0.1) is 6.04 Å². The number of hydrogen-bond donors (Lipinski definition) is 1. The molecule has 0 aliphatic rings. The zero-order valence-corrected chi connectivity index (χ0v) is 8.79. The molecule has 0 aromatic heterocycles. The van der Waals surface area contributed by atoms with Gasteiger partial charge in [-0.2, -0.15) is 0 Å². The third-order valence-corrected chi connectivity index (χ3v) is 2.42. The number of carbonyl (C=O) groups is 1. The Morgan fingerprint density at radius 3 is 2.57 bits per heavy atom. The number of likely N-dealkylation sites (N-methyl/N-ethyl adjacent to an activating group) is 1. The number of rotatable bonds is 5. The summed E-state index contributed by atoms with van der Waals surface area (Å²) in [6.07, 6.45) is 1.46. The van der Waals surface area contributed by atoms with Crippen molar-refractivity contribution in [2.75, 3.05) is 7.05 Å². The van der Waals surface area contributed by atoms with Crippen LogP contribution in [-0.2, 0) is 11.2 Å². The van der Waals surface area contributed by atoms with Crippen LogP contribution in [0.1, 0.15) is 18.9 Å². The Morgan fingerprint density at radius 2 is 2.00 bits per heavy atom. The second-order valence-electron chi connectivity index (χ2n) is 3.46. The first kappa shape index (κ1) is 10.9. The molecule has 0 spiro atoms. The lowest BCUT2D eigenvalue weighted by molar-refractivity contribution is -0.120. The summed E-state index contributed by atoms with van der Waals surface area (Å²) in [5.41, 5.74) is 1.23. The van der Waals surface area contributed by atoms with Gasteiger partial charge in [-0.05, 0) is 26.0 Å². The first-order valence-corrected chi connectivity index (χ1v) is 4.98. The molecule has 14 heavy (non-hydrogen) atoms. The second kappa shape index (κ2) is 5.55. The van der Waals surface area contributed by atoms with Gasteiger partial charge in [0.15, 0.2) is 0 Å². The number of aryl methyl sites for hydroxylation is 1. The minimum absolute atomic E-state index is 0.0290. The molecule has 1 atom stereocenters. The Balaban J connectivity index is 2.38. The van der Waals surface area contributed by atoms with E-state index in [9.17, 15) is 4.79 Å². The Morgan fingerprint density at radius 1 is 1.36 bits per heavy atom. The molecule has 1 aromatic carbocycles. The molecule has 0 unspecified atom stereocenters. The van der Waals surface area contributed by atoms with E-state index in [0.717, 1.165) is 6.42 Å². The fraction of sp³-hybridized carbons (Fsp3) is 0.417. The predicted molar refractivity (Wildman–Crippen MR) is 58.3 cm³/mol. The van der Waals surface area contributed by atoms with E-state index in [-0.39, 0.29) is 11.8 Å². The lowest BCUT2D eigenvalue weighted by Gasteiger charge is -2.08. The monoisotopic (exact) mass is 191 g/mol. The van der Waals surface area contributed by atoms with E-state index >= 15 is 0 Å². The van der Waals surface area contributed by atoms with E-state index in [1.807, 2.05) is 32.2 Å². The predicted octanol–water partition coefficient (Wildman–Crippen LogP) is 1.80. The van der Waals surface area contributed by atoms with Crippen molar-refractivity contribution in [3.63, 3.8) is 0 Å². The number of ketones is 1. The lowest BCUT2D eigenvalue weighted by atomic mass is 10.0. The van der Waals surface area contributed by atoms with Crippen molar-refractivity contribution in [3.8, 4) is 0 Å². The van der Waals surface area contributed by atoms with Gasteiger partial charge < -0.3 is 5.32 Å². The van der Waals surface area contributed by atoms with E-state index in [4.69, 9.17) is 0 Å². The molecule has 0 amide bonds. The van der Waals surface area contributed by atoms with Gasteiger partial charge in [0, 0.05) is 6.42 Å². The summed E-state index contributed by atoms with van der Waals surface area (Å²) in [5.74, 6) is 0.274. The van der Waals surface area contributed by atoms with Crippen LogP contribution in [0.3, 0.4) is 0 Å². The number of Topliss-reactive ketones (excluding diaryl/α,β-unsaturated/α-hetero) is 1. The van der Waals surface area contributed by atoms with Crippen LogP contribution in [0.25, 0.3) is 0 Å². The van der Waals surface area contributed by atoms with E-state index in [0.29, 0.717) is 6.42 Å². The SMILES string of the molecule is CN[C@H](C)C(=O)CCc1ccccc1. The van der Waals surface area contributed by atoms with Gasteiger partial charge >= 0.3 is 0 Å². The highest BCUT2D eigenvalue weighted by Crippen LogP contribution is 2.03. The molecular weight excluding hydrogens is 174 g/mol. The fourth-order valence-electron chi connectivity index (χ4n) is 1.29. The van der Waals surface area contributed by atoms with Gasteiger partial charge in [-0.3, -0.25) is 4.79 Å². The molecule has 1 aromatic rings. The first-order valence-electron chi connectivity index (χ1n) is 4.98. The van der Waals surface area contributed by atoms with Gasteiger partial charge in [0.1, 0.15) is 5.78 Å². The molecule has 1 rings (SSSR count). The topological polar surface area (TPSA) is 29.1 Å². The number of hydrogen-bond acceptors (Lipinski definition) is 2. The third kappa shape index (κ3) is 3.30. The Kier molecular flexibility index (Phi) is 4.33. The van der Waals surface area contributed by atoms with Gasteiger partial charge in [-0.1, -0.05) is 30.3 Å². The van der Waals surface area contributed by atoms with Crippen LogP contribution in [-0.4, -0.2) is 18.9 Å². The van der Waals surface area contributed by atoms with Crippen LogP contribution >= 0.6 is 0 Å². The van der Waals surface area contributed by atoms with Crippen molar-refractivity contribution in [3.05, 3.63) is 35.9 Å². The largest absolute Gasteiger partial charge is 0.311 e. The van der Waals surface area contributed by atoms with E-state index < -0.39 is 0 Å². The van der Waals surface area contributed by atoms with Crippen LogP contribution in [0.4, 0.5) is 0 Å². The molecule has 0 radical (unpaired) electrons. The van der Waals surface area contributed by atoms with Crippen LogP contribution in [0.15, 0.2) is 30.3 Å². The number of nitrogens with one attached hydrogen (secondary N) is 1. The molecule has 1 N–H and O–H groups in total. The Hall–Kier alpha value is -1.15. The van der Waals surface area contributed by atoms with Gasteiger partial charge in [0.25, 0.3) is 0 Å². The molecule has 2 nitrogen and oxygen atoms in total. The van der Waals surface area contributed by atoms with Crippen molar-refractivity contribution < 1.29 is 4.79 Å². The number of benzene rings is 1. The zero-order valence-electron chi connectivity index (χ0n) is 8.79. The Labute approximate surface area is 85.3 Å². The lowest BCUT2D eigenvalue weighted by Crippen LogP contribution is -2.30. The maximum Gasteiger partial charge on any atom is 0.149 e. The van der Waals surface area contributed by atoms with Gasteiger partial charge in [-0.25, -0.2) is 0 Å². The fourth-order valence-corrected chi connectivity index (χ4v) is 1.29. The van der Waals surface area contributed by atoms with Crippen molar-refractivity contribution in [1.82, 2.24) is 5.32 Å². The molecule has 0 aliphatic heterocycles. The van der Waals surface area contributed by atoms with Gasteiger partial charge in [-0.15, -0.1) is 0 Å². The summed E-state index contributed by atoms with van der Waals surface area (Å²) >= 11 is 0. The molecule has 76 valence electrons. The maximum atomic E-state index is 11.5. The molecular formula is C12H17NO. The highest BCUT2D eigenvalue weighted by molar-refractivity contribution is 5.83. The quantitative estimate of drug-likeness (QED) is 0.769. The summed E-state index contributed by atoms with van der Waals surface area (Å²) in [5, 5.41) is 2.95. The highest BCUT2D eigenvalue weighted by Gasteiger charge is 2.09. The molecule has 0 heterocycles. The summed E-state index contributed by atoms with van der Waals surface area (Å²) in [6.45, 7) is 1.90. The Bertz CT molecular complexity index is 282. The number of carbonyl (C=O) groups excluding carboxylic acids is 1. The van der Waals surface area contributed by atoms with Crippen LogP contribution < -0.4 is 5.32 Å². The summed E-state index contributed by atoms with van der Waals surface area (Å²) in [7, 11) is 1.81. The molecule has 0 fully saturated rings. The average Bonchev–Trinajstić information content (AvgIpc) is 2.26. The normalized spacial score (nSPS) is 12.4. The molecule has 0 aliphatic carbocycles. The maximum absolute atomic E-state index is 11.5. The average molecular weight is 191 g/mol. The van der Waals surface area contributed by atoms with Crippen LogP contribution in [0, 0.1) is 0 Å². The van der Waals surface area contributed by atoms with E-state index in [1.165, 1.54) is 5.56 Å². The summed E-state index contributed by atoms with van der Waals surface area (Å²) < 4.78 is 0. The van der Waals surface area contributed by atoms with E-state index in [2.05, 4.69) is 17.4 Å². The first-order chi connectivity index (χ1) is 6.74. The minimum atomic E-state index is -0.0290. The van der Waals surface area contributed by atoms with Crippen molar-refractivity contribution in [2.45, 2.75) is 25.8 Å². The molecule has 2 heteroatoms. The van der Waals surface area contributed by atoms with Crippen molar-refractivity contribution >= 4 is 5.78 Å². The summed E-state index contributed by atoms with van der Waals surface area (Å²) in [4.78, 5) is 11.5. The van der Waals surface area contributed by atoms with Crippen molar-refractivity contribution in [1.29, 1.82) is 0 Å². The smallest absolute Gasteiger partial charge is 0.149 e. The van der Waals surface area contributed by atoms with Gasteiger partial charge in [0.2, 0.25) is 0 Å². The highest BCUT2D eigenvalue weighted by atomic mass is 16.1. The molecule has 0 bridgehead atoms. The summed E-state index contributed by atoms with van der Waals surface area (Å²) in [6, 6.07) is 10.1. The van der Waals surface area contributed by atoms with Crippen LogP contribution in [0.2, 0.25) is 0 Å². The minimum Gasteiger partial charge on any atom is -0.311 e. The zero-order chi connectivity index (χ0) is 10.4. The standard InChI is InChI=1S/C12H17NO/c1-10(13-2)12(14)9-8-11-6-4-3-5-7-11/h3-7,10,13H,8-9H2,1-2H3/t10-/m1/s1. The van der Waals surface area contributed by atoms with Crippen LogP contribution in [0.5, 0.6) is 0 Å². The molecule has 0 saturated carbocycles. The molecule has 0 saturated heterocycles. The van der Waals surface area contributed by atoms with Crippen molar-refractivity contribution in [2.24, 2.45) is 0 Å². The second-order valence-corrected chi connectivity index (χ2v) is 3.46.